The van der Waals surface area contributed by atoms with E-state index in [4.69, 9.17) is 24.9 Å². The molecule has 474 valence electrons. The number of fused-ring (bicyclic) bond motifs is 2. The van der Waals surface area contributed by atoms with Gasteiger partial charge < -0.3 is 39.4 Å². The fourth-order valence-corrected chi connectivity index (χ4v) is 14.3. The molecule has 6 amide bonds. The minimum Gasteiger partial charge on any atom is -0.451 e. The number of benzene rings is 3. The van der Waals surface area contributed by atoms with Gasteiger partial charge in [0, 0.05) is 46.2 Å². The normalized spacial score (nSPS) is 15.3. The van der Waals surface area contributed by atoms with Gasteiger partial charge >= 0.3 is 33.3 Å². The molecule has 0 aliphatic heterocycles. The number of urea groups is 3. The highest BCUT2D eigenvalue weighted by molar-refractivity contribution is 7.90. The standard InChI is InChI=1S/C61H70ClN9O15S3/c1-11-47(72)38-24-49(84-28-38)87(78,79)69-56(73)66-53-41-14-12-13-40(41)52(62)51-37(17-18-42(51)53)19-34(6)46-23-36(27-64)22-45(55(46)68-57(74)70-88(80,81)50-25-39(29-85-50)60(7,8)76)33(5)16-15-32(4)44-21-35(26-63)20-43(31(2)3)54(44)67-58(75)71-89(82,83)59-65-48(30-86-59)61(9,10)77/h20-25,28-34,37,76-77H,11-19H2,1-10H3,(H2,66,69,73)(H2,67,71,75)(H2,68,70,74). The van der Waals surface area contributed by atoms with E-state index in [2.05, 4.69) is 33.1 Å². The zero-order valence-electron chi connectivity index (χ0n) is 50.6. The zero-order chi connectivity index (χ0) is 65.5. The molecular weight excluding hydrogens is 1230 g/mol. The van der Waals surface area contributed by atoms with Crippen LogP contribution in [0.3, 0.4) is 0 Å². The second-order valence-electron chi connectivity index (χ2n) is 24.0. The Bertz CT molecular complexity index is 4240. The first-order chi connectivity index (χ1) is 41.6. The van der Waals surface area contributed by atoms with Crippen LogP contribution in [0.15, 0.2) is 83.8 Å². The summed E-state index contributed by atoms with van der Waals surface area (Å²) in [4.78, 5) is 57.7. The molecule has 24 nitrogen and oxygen atoms in total. The number of nitriles is 2. The van der Waals surface area contributed by atoms with Crippen molar-refractivity contribution in [3.05, 3.63) is 133 Å². The van der Waals surface area contributed by atoms with E-state index in [1.165, 1.54) is 27.7 Å². The van der Waals surface area contributed by atoms with Crippen LogP contribution in [0.5, 0.6) is 0 Å². The van der Waals surface area contributed by atoms with Crippen LogP contribution in [0.2, 0.25) is 5.02 Å². The van der Waals surface area contributed by atoms with Crippen LogP contribution >= 0.6 is 11.6 Å². The summed E-state index contributed by atoms with van der Waals surface area (Å²) in [5.41, 5.74) is 3.16. The van der Waals surface area contributed by atoms with Gasteiger partial charge in [0.15, 0.2) is 5.78 Å². The summed E-state index contributed by atoms with van der Waals surface area (Å²) < 4.78 is 102. The van der Waals surface area contributed by atoms with E-state index in [1.54, 1.807) is 31.2 Å². The molecule has 2 aliphatic carbocycles. The Morgan fingerprint density at radius 3 is 1.64 bits per heavy atom. The van der Waals surface area contributed by atoms with Crippen molar-refractivity contribution in [2.75, 3.05) is 16.0 Å². The van der Waals surface area contributed by atoms with Crippen molar-refractivity contribution in [2.24, 2.45) is 0 Å². The SMILES string of the molecule is CCC(=O)c1coc(S(=O)(=O)NC(=O)Nc2c3c(c(Cl)c4c2CCC4CC(C)c2cc(C#N)cc(C(C)CCC(C)c4cc(C#N)cc(C(C)C)c4NC(=O)NS(=O)(=O)c4nc(C(C)(C)O)co4)c2NC(=O)NS(=O)(=O)c2cc(C(C)(C)O)co2)CCC3)c1. The molecule has 8 N–H and O–H groups in total. The fraction of sp³-hybridized carbons (Fsp3) is 0.426. The minimum atomic E-state index is -4.71. The largest absolute Gasteiger partial charge is 0.451 e. The number of aromatic nitrogens is 1. The van der Waals surface area contributed by atoms with E-state index in [0.29, 0.717) is 89.9 Å². The van der Waals surface area contributed by atoms with Gasteiger partial charge in [0.2, 0.25) is 10.2 Å². The number of furan rings is 2. The summed E-state index contributed by atoms with van der Waals surface area (Å²) in [5, 5.41) is 48.4. The Balaban J connectivity index is 1.12. The highest BCUT2D eigenvalue weighted by atomic mass is 35.5. The molecule has 0 radical (unpaired) electrons. The number of carbonyl (C=O) groups is 4. The number of carbonyl (C=O) groups excluding carboxylic acids is 4. The number of nitrogens with zero attached hydrogens (tertiary/aromatic N) is 3. The zero-order valence-corrected chi connectivity index (χ0v) is 53.8. The predicted octanol–water partition coefficient (Wildman–Crippen LogP) is 11.4. The van der Waals surface area contributed by atoms with E-state index in [-0.39, 0.29) is 63.4 Å². The molecule has 28 heteroatoms. The van der Waals surface area contributed by atoms with Crippen LogP contribution in [0.1, 0.15) is 215 Å². The summed E-state index contributed by atoms with van der Waals surface area (Å²) in [6, 6.07) is 9.45. The molecule has 8 rings (SSSR count). The number of halogens is 1. The highest BCUT2D eigenvalue weighted by Crippen LogP contribution is 2.52. The minimum absolute atomic E-state index is 0.0347. The fourth-order valence-electron chi connectivity index (χ4n) is 11.4. The van der Waals surface area contributed by atoms with Crippen molar-refractivity contribution in [1.29, 1.82) is 10.5 Å². The van der Waals surface area contributed by atoms with Crippen LogP contribution in [-0.2, 0) is 60.5 Å². The molecule has 0 fully saturated rings. The molecule has 89 heavy (non-hydrogen) atoms. The molecule has 0 saturated carbocycles. The number of aliphatic hydroxyl groups is 2. The maximum Gasteiger partial charge on any atom is 0.336 e. The number of amides is 6. The number of Topliss-reactive ketones (excluding diaryl/α,β-unsaturated/α-hetero) is 1. The third-order valence-electron chi connectivity index (χ3n) is 16.1. The average molecular weight is 1300 g/mol. The summed E-state index contributed by atoms with van der Waals surface area (Å²) in [6.45, 7) is 16.4. The van der Waals surface area contributed by atoms with Crippen molar-refractivity contribution in [3.8, 4) is 12.1 Å². The van der Waals surface area contributed by atoms with E-state index < -0.39 is 92.5 Å². The number of oxazole rings is 1. The van der Waals surface area contributed by atoms with Crippen molar-refractivity contribution < 1.29 is 67.9 Å². The molecule has 4 unspecified atom stereocenters. The number of rotatable bonds is 22. The van der Waals surface area contributed by atoms with Crippen LogP contribution in [0, 0.1) is 22.7 Å². The Labute approximate surface area is 521 Å². The lowest BCUT2D eigenvalue weighted by Gasteiger charge is -2.27. The Kier molecular flexibility index (Phi) is 19.4. The summed E-state index contributed by atoms with van der Waals surface area (Å²) >= 11 is 7.33. The van der Waals surface area contributed by atoms with E-state index in [0.717, 1.165) is 47.6 Å². The molecule has 2 aliphatic rings. The monoisotopic (exact) mass is 1300 g/mol. The number of sulfonamides is 3. The van der Waals surface area contributed by atoms with Gasteiger partial charge in [0.05, 0.1) is 40.7 Å². The second kappa shape index (κ2) is 25.8. The molecule has 6 aromatic rings. The van der Waals surface area contributed by atoms with E-state index in [9.17, 15) is 65.2 Å². The number of hydrogen-bond donors (Lipinski definition) is 8. The van der Waals surface area contributed by atoms with Gasteiger partial charge in [-0.15, -0.1) is 0 Å². The van der Waals surface area contributed by atoms with Gasteiger partial charge in [-0.3, -0.25) is 4.79 Å². The summed E-state index contributed by atoms with van der Waals surface area (Å²) in [6.07, 6.45) is 6.82. The van der Waals surface area contributed by atoms with E-state index >= 15 is 0 Å². The molecule has 0 saturated heterocycles. The topological polar surface area (TPSA) is 383 Å². The Hall–Kier alpha value is -8.05. The molecule has 4 atom stereocenters. The maximum absolute atomic E-state index is 14.2. The molecular formula is C61H70ClN9O15S3. The second-order valence-corrected chi connectivity index (χ2v) is 29.1. The third kappa shape index (κ3) is 14.7. The van der Waals surface area contributed by atoms with Gasteiger partial charge in [0.25, 0.3) is 20.0 Å². The Morgan fingerprint density at radius 1 is 0.640 bits per heavy atom. The predicted molar refractivity (Wildman–Crippen MR) is 327 cm³/mol. The average Bonchev–Trinajstić information content (AvgIpc) is 1.66. The van der Waals surface area contributed by atoms with Gasteiger partial charge in [-0.25, -0.2) is 28.5 Å². The van der Waals surface area contributed by atoms with Gasteiger partial charge in [-0.1, -0.05) is 53.1 Å². The highest BCUT2D eigenvalue weighted by Gasteiger charge is 2.37. The lowest BCUT2D eigenvalue weighted by atomic mass is 9.81. The lowest BCUT2D eigenvalue weighted by molar-refractivity contribution is 0.0735. The first-order valence-electron chi connectivity index (χ1n) is 28.7. The molecule has 3 aromatic heterocycles. The number of anilines is 3. The van der Waals surface area contributed by atoms with Crippen LogP contribution in [0.4, 0.5) is 31.4 Å². The lowest BCUT2D eigenvalue weighted by Crippen LogP contribution is -2.35. The first kappa shape index (κ1) is 66.9. The number of nitrogens with one attached hydrogen (secondary N) is 6. The molecule has 3 heterocycles. The number of ketones is 1. The van der Waals surface area contributed by atoms with Gasteiger partial charge in [-0.05, 0) is 177 Å². The summed E-state index contributed by atoms with van der Waals surface area (Å²) in [7, 11) is -14.0. The Morgan fingerprint density at radius 2 is 1.13 bits per heavy atom. The number of hydrogen-bond acceptors (Lipinski definition) is 18. The first-order valence-corrected chi connectivity index (χ1v) is 33.5. The third-order valence-corrected chi connectivity index (χ3v) is 20.0. The van der Waals surface area contributed by atoms with Crippen molar-refractivity contribution >= 4 is 82.6 Å². The van der Waals surface area contributed by atoms with Crippen molar-refractivity contribution in [3.63, 3.8) is 0 Å². The molecule has 0 spiro atoms. The quantitative estimate of drug-likeness (QED) is 0.0293. The van der Waals surface area contributed by atoms with Crippen LogP contribution in [-0.4, -0.2) is 64.3 Å². The van der Waals surface area contributed by atoms with Crippen molar-refractivity contribution in [1.82, 2.24) is 19.2 Å². The smallest absolute Gasteiger partial charge is 0.336 e. The van der Waals surface area contributed by atoms with E-state index in [1.807, 2.05) is 48.8 Å². The van der Waals surface area contributed by atoms with Crippen molar-refractivity contribution in [2.45, 2.75) is 183 Å². The summed E-state index contributed by atoms with van der Waals surface area (Å²) in [5.74, 6) is -2.50. The van der Waals surface area contributed by atoms with Gasteiger partial charge in [-0.2, -0.15) is 40.8 Å². The maximum atomic E-state index is 14.2. The molecule has 0 bridgehead atoms. The molecule has 3 aromatic carbocycles. The van der Waals surface area contributed by atoms with Gasteiger partial charge in [0.1, 0.15) is 23.8 Å². The van der Waals surface area contributed by atoms with Crippen LogP contribution in [0.25, 0.3) is 0 Å². The van der Waals surface area contributed by atoms with Crippen LogP contribution < -0.4 is 30.1 Å².